The summed E-state index contributed by atoms with van der Waals surface area (Å²) >= 11 is 0. The van der Waals surface area contributed by atoms with Gasteiger partial charge in [-0.15, -0.1) is 0 Å². The number of rotatable bonds is 7. The molecule has 0 aliphatic rings. The Hall–Kier alpha value is -0.570. The van der Waals surface area contributed by atoms with Crippen molar-refractivity contribution in [3.8, 4) is 0 Å². The van der Waals surface area contributed by atoms with Gasteiger partial charge in [-0.3, -0.25) is 0 Å². The summed E-state index contributed by atoms with van der Waals surface area (Å²) in [5.74, 6) is -0.0608. The van der Waals surface area contributed by atoms with E-state index in [2.05, 4.69) is 6.92 Å². The third-order valence-corrected chi connectivity index (χ3v) is 2.79. The summed E-state index contributed by atoms with van der Waals surface area (Å²) in [5.41, 5.74) is -0.791. The minimum absolute atomic E-state index is 0.182. The van der Waals surface area contributed by atoms with Gasteiger partial charge in [0.25, 0.3) is 0 Å². The molecular formula is C12H24O3. The average Bonchev–Trinajstić information content (AvgIpc) is 2.18. The summed E-state index contributed by atoms with van der Waals surface area (Å²) < 4.78 is 10.6. The number of esters is 1. The van der Waals surface area contributed by atoms with Crippen molar-refractivity contribution in [3.63, 3.8) is 0 Å². The Morgan fingerprint density at radius 1 is 1.27 bits per heavy atom. The minimum Gasteiger partial charge on any atom is -0.464 e. The lowest BCUT2D eigenvalue weighted by Crippen LogP contribution is -2.45. The molecule has 2 atom stereocenters. The van der Waals surface area contributed by atoms with Crippen LogP contribution in [0, 0.1) is 5.92 Å². The molecule has 0 fully saturated rings. The summed E-state index contributed by atoms with van der Waals surface area (Å²) in [6.45, 7) is 10.6. The molecule has 0 aliphatic heterocycles. The highest BCUT2D eigenvalue weighted by Gasteiger charge is 2.40. The van der Waals surface area contributed by atoms with Gasteiger partial charge in [-0.1, -0.05) is 20.3 Å². The zero-order chi connectivity index (χ0) is 11.9. The lowest BCUT2D eigenvalue weighted by molar-refractivity contribution is -0.176. The van der Waals surface area contributed by atoms with E-state index in [1.807, 2.05) is 27.7 Å². The summed E-state index contributed by atoms with van der Waals surface area (Å²) in [6.07, 6.45) is 2.01. The van der Waals surface area contributed by atoms with Crippen molar-refractivity contribution in [1.29, 1.82) is 0 Å². The molecule has 0 saturated carbocycles. The molecule has 3 heteroatoms. The van der Waals surface area contributed by atoms with Crippen molar-refractivity contribution < 1.29 is 14.3 Å². The van der Waals surface area contributed by atoms with Gasteiger partial charge in [0.1, 0.15) is 0 Å². The molecular weight excluding hydrogens is 192 g/mol. The van der Waals surface area contributed by atoms with Crippen LogP contribution in [0.25, 0.3) is 0 Å². The van der Waals surface area contributed by atoms with E-state index in [0.29, 0.717) is 13.2 Å². The number of hydrogen-bond acceptors (Lipinski definition) is 3. The van der Waals surface area contributed by atoms with E-state index in [4.69, 9.17) is 9.47 Å². The van der Waals surface area contributed by atoms with Crippen LogP contribution in [0.15, 0.2) is 0 Å². The number of carbonyl (C=O) groups is 1. The first-order valence-corrected chi connectivity index (χ1v) is 5.84. The van der Waals surface area contributed by atoms with Crippen molar-refractivity contribution in [1.82, 2.24) is 0 Å². The van der Waals surface area contributed by atoms with E-state index in [0.717, 1.165) is 12.8 Å². The van der Waals surface area contributed by atoms with E-state index >= 15 is 0 Å². The highest BCUT2D eigenvalue weighted by atomic mass is 16.6. The molecule has 0 aliphatic carbocycles. The van der Waals surface area contributed by atoms with E-state index in [-0.39, 0.29) is 11.9 Å². The fourth-order valence-electron chi connectivity index (χ4n) is 1.69. The number of carbonyl (C=O) groups excluding carboxylic acids is 1. The summed E-state index contributed by atoms with van der Waals surface area (Å²) in [5, 5.41) is 0. The molecule has 0 aromatic carbocycles. The van der Waals surface area contributed by atoms with E-state index in [1.165, 1.54) is 0 Å². The molecule has 0 bridgehead atoms. The van der Waals surface area contributed by atoms with Crippen LogP contribution in [-0.2, 0) is 14.3 Å². The lowest BCUT2D eigenvalue weighted by atomic mass is 9.87. The predicted octanol–water partition coefficient (Wildman–Crippen LogP) is 2.78. The molecule has 0 heterocycles. The number of ether oxygens (including phenoxy) is 2. The first-order valence-electron chi connectivity index (χ1n) is 5.84. The third-order valence-electron chi connectivity index (χ3n) is 2.79. The second-order valence-electron chi connectivity index (χ2n) is 3.95. The third kappa shape index (κ3) is 3.82. The van der Waals surface area contributed by atoms with Crippen molar-refractivity contribution in [3.05, 3.63) is 0 Å². The molecule has 90 valence electrons. The van der Waals surface area contributed by atoms with Crippen LogP contribution in [0.3, 0.4) is 0 Å². The van der Waals surface area contributed by atoms with E-state index < -0.39 is 5.60 Å². The highest BCUT2D eigenvalue weighted by molar-refractivity contribution is 5.79. The summed E-state index contributed by atoms with van der Waals surface area (Å²) in [6, 6.07) is 0. The quantitative estimate of drug-likeness (QED) is 0.614. The van der Waals surface area contributed by atoms with Gasteiger partial charge in [-0.2, -0.15) is 0 Å². The Morgan fingerprint density at radius 3 is 2.27 bits per heavy atom. The van der Waals surface area contributed by atoms with Gasteiger partial charge in [-0.05, 0) is 33.1 Å². The normalized spacial score (nSPS) is 16.9. The Kier molecular flexibility index (Phi) is 6.57. The Morgan fingerprint density at radius 2 is 1.87 bits per heavy atom. The van der Waals surface area contributed by atoms with Crippen molar-refractivity contribution in [2.24, 2.45) is 5.92 Å². The minimum atomic E-state index is -0.791. The molecule has 0 N–H and O–H groups in total. The van der Waals surface area contributed by atoms with Crippen LogP contribution in [0.5, 0.6) is 0 Å². The van der Waals surface area contributed by atoms with Gasteiger partial charge in [0, 0.05) is 6.61 Å². The van der Waals surface area contributed by atoms with Crippen LogP contribution < -0.4 is 0 Å². The Labute approximate surface area is 93.1 Å². The maximum absolute atomic E-state index is 11.8. The smallest absolute Gasteiger partial charge is 0.338 e. The predicted molar refractivity (Wildman–Crippen MR) is 60.7 cm³/mol. The average molecular weight is 216 g/mol. The topological polar surface area (TPSA) is 35.5 Å². The second-order valence-corrected chi connectivity index (χ2v) is 3.95. The molecule has 1 unspecified atom stereocenters. The molecule has 0 spiro atoms. The van der Waals surface area contributed by atoms with Crippen LogP contribution in [0.2, 0.25) is 0 Å². The van der Waals surface area contributed by atoms with Crippen LogP contribution in [0.4, 0.5) is 0 Å². The molecule has 0 aromatic rings. The van der Waals surface area contributed by atoms with Crippen molar-refractivity contribution in [2.45, 2.75) is 53.1 Å². The Bertz CT molecular complexity index is 191. The molecule has 0 aromatic heterocycles. The monoisotopic (exact) mass is 216 g/mol. The van der Waals surface area contributed by atoms with Gasteiger partial charge in [0.05, 0.1) is 6.61 Å². The van der Waals surface area contributed by atoms with E-state index in [1.54, 1.807) is 0 Å². The SMILES string of the molecule is CCC[C@H](C)C(C)(OCC)C(=O)OCC. The maximum Gasteiger partial charge on any atom is 0.338 e. The molecule has 15 heavy (non-hydrogen) atoms. The largest absolute Gasteiger partial charge is 0.464 e. The Balaban J connectivity index is 4.62. The van der Waals surface area contributed by atoms with Crippen molar-refractivity contribution >= 4 is 5.97 Å². The van der Waals surface area contributed by atoms with Gasteiger partial charge >= 0.3 is 5.97 Å². The lowest BCUT2D eigenvalue weighted by Gasteiger charge is -2.32. The van der Waals surface area contributed by atoms with Gasteiger partial charge < -0.3 is 9.47 Å². The fraction of sp³-hybridized carbons (Fsp3) is 0.917. The van der Waals surface area contributed by atoms with Crippen molar-refractivity contribution in [2.75, 3.05) is 13.2 Å². The summed E-state index contributed by atoms with van der Waals surface area (Å²) in [7, 11) is 0. The van der Waals surface area contributed by atoms with Gasteiger partial charge in [-0.25, -0.2) is 4.79 Å². The molecule has 0 amide bonds. The molecule has 0 saturated heterocycles. The van der Waals surface area contributed by atoms with Crippen LogP contribution in [0.1, 0.15) is 47.5 Å². The van der Waals surface area contributed by atoms with Crippen LogP contribution in [-0.4, -0.2) is 24.8 Å². The van der Waals surface area contributed by atoms with Gasteiger partial charge in [0.15, 0.2) is 5.60 Å². The number of hydrogen-bond donors (Lipinski definition) is 0. The first-order chi connectivity index (χ1) is 7.02. The van der Waals surface area contributed by atoms with E-state index in [9.17, 15) is 4.79 Å². The highest BCUT2D eigenvalue weighted by Crippen LogP contribution is 2.27. The van der Waals surface area contributed by atoms with Crippen LogP contribution >= 0.6 is 0 Å². The maximum atomic E-state index is 11.8. The second kappa shape index (κ2) is 6.83. The molecule has 0 radical (unpaired) electrons. The molecule has 0 rings (SSSR count). The van der Waals surface area contributed by atoms with Gasteiger partial charge in [0.2, 0.25) is 0 Å². The standard InChI is InChI=1S/C12H24O3/c1-6-9-10(4)12(5,15-8-3)11(13)14-7-2/h10H,6-9H2,1-5H3/t10-,12?/m0/s1. The summed E-state index contributed by atoms with van der Waals surface area (Å²) in [4.78, 5) is 11.8. The fourth-order valence-corrected chi connectivity index (χ4v) is 1.69. The zero-order valence-electron chi connectivity index (χ0n) is 10.6. The first kappa shape index (κ1) is 14.4. The zero-order valence-corrected chi connectivity index (χ0v) is 10.6. The molecule has 3 nitrogen and oxygen atoms in total.